The van der Waals surface area contributed by atoms with Crippen molar-refractivity contribution in [2.24, 2.45) is 0 Å². The van der Waals surface area contributed by atoms with Crippen molar-refractivity contribution in [3.05, 3.63) is 91.0 Å². The number of hydrogen-bond donors (Lipinski definition) is 0. The molecule has 1 radical (unpaired) electrons. The van der Waals surface area contributed by atoms with E-state index in [0.717, 1.165) is 14.6 Å². The van der Waals surface area contributed by atoms with Gasteiger partial charge in [0.05, 0.1) is 23.1 Å². The fraction of sp³-hybridized carbons (Fsp3) is 0.100. The second kappa shape index (κ2) is 8.82. The van der Waals surface area contributed by atoms with Crippen LogP contribution < -0.4 is 15.9 Å². The zero-order valence-electron chi connectivity index (χ0n) is 13.5. The van der Waals surface area contributed by atoms with E-state index in [0.29, 0.717) is 5.88 Å². The SMILES string of the molecule is ClCCP[B][P+](c1ccccc1)(c1ccccc1)c1ccccc1. The van der Waals surface area contributed by atoms with Gasteiger partial charge in [0.1, 0.15) is 0 Å². The van der Waals surface area contributed by atoms with Crippen molar-refractivity contribution in [3.8, 4) is 0 Å². The third-order valence-corrected chi connectivity index (χ3v) is 10.7. The molecule has 24 heavy (non-hydrogen) atoms. The fourth-order valence-corrected chi connectivity index (χ4v) is 9.58. The molecule has 3 aromatic rings. The quantitative estimate of drug-likeness (QED) is 0.250. The van der Waals surface area contributed by atoms with E-state index in [1.165, 1.54) is 15.9 Å². The summed E-state index contributed by atoms with van der Waals surface area (Å²) >= 11 is 5.97. The molecule has 1 atom stereocenters. The minimum absolute atomic E-state index is 0.716. The van der Waals surface area contributed by atoms with E-state index in [1.54, 1.807) is 0 Å². The van der Waals surface area contributed by atoms with Gasteiger partial charge in [-0.3, -0.25) is 0 Å². The van der Waals surface area contributed by atoms with Gasteiger partial charge in [-0.15, -0.1) is 20.1 Å². The lowest BCUT2D eigenvalue weighted by Crippen LogP contribution is -2.33. The highest BCUT2D eigenvalue weighted by molar-refractivity contribution is 8.28. The molecular weight excluding hydrogens is 348 g/mol. The summed E-state index contributed by atoms with van der Waals surface area (Å²) in [4.78, 5) is 0. The molecule has 0 saturated heterocycles. The van der Waals surface area contributed by atoms with Crippen molar-refractivity contribution in [1.29, 1.82) is 0 Å². The summed E-state index contributed by atoms with van der Waals surface area (Å²) in [6.45, 7) is 2.56. The van der Waals surface area contributed by atoms with E-state index >= 15 is 0 Å². The third kappa shape index (κ3) is 3.75. The summed E-state index contributed by atoms with van der Waals surface area (Å²) < 4.78 is 0. The maximum atomic E-state index is 5.97. The molecule has 4 heteroatoms. The molecule has 0 aromatic heterocycles. The van der Waals surface area contributed by atoms with Crippen molar-refractivity contribution in [3.63, 3.8) is 0 Å². The van der Waals surface area contributed by atoms with Gasteiger partial charge in [-0.2, -0.15) is 0 Å². The summed E-state index contributed by atoms with van der Waals surface area (Å²) in [5.74, 6) is 0.716. The number of hydrogen-bond acceptors (Lipinski definition) is 0. The first kappa shape index (κ1) is 17.7. The largest absolute Gasteiger partial charge is 0.402 e. The predicted molar refractivity (Wildman–Crippen MR) is 115 cm³/mol. The normalized spacial score (nSPS) is 11.7. The van der Waals surface area contributed by atoms with Gasteiger partial charge >= 0.3 is 6.72 Å². The highest BCUT2D eigenvalue weighted by Crippen LogP contribution is 2.56. The molecule has 0 heterocycles. The van der Waals surface area contributed by atoms with Crippen LogP contribution in [0.25, 0.3) is 0 Å². The van der Waals surface area contributed by atoms with E-state index < -0.39 is 7.14 Å². The van der Waals surface area contributed by atoms with Gasteiger partial charge in [-0.1, -0.05) is 54.6 Å². The summed E-state index contributed by atoms with van der Waals surface area (Å²) in [6.07, 6.45) is 1.04. The Bertz CT molecular complexity index is 639. The minimum Gasteiger partial charge on any atom is -0.126 e. The minimum atomic E-state index is -1.75. The standard InChI is InChI=1S/C20H20BClP2/c22-16-17-23-21-24(18-10-4-1-5-11-18,19-12-6-2-7-13-19)20-14-8-3-9-15-20/h1-15,23H,16-17H2/q+1. The van der Waals surface area contributed by atoms with E-state index in [-0.39, 0.29) is 0 Å². The van der Waals surface area contributed by atoms with E-state index in [2.05, 4.69) is 97.7 Å². The summed E-state index contributed by atoms with van der Waals surface area (Å²) in [5, 5.41) is 4.22. The molecule has 0 aliphatic rings. The highest BCUT2D eigenvalue weighted by atomic mass is 35.5. The van der Waals surface area contributed by atoms with Crippen LogP contribution in [0.1, 0.15) is 0 Å². The second-order valence-electron chi connectivity index (χ2n) is 5.50. The molecule has 0 bridgehead atoms. The van der Waals surface area contributed by atoms with Crippen LogP contribution in [0.15, 0.2) is 91.0 Å². The monoisotopic (exact) mass is 368 g/mol. The van der Waals surface area contributed by atoms with Gasteiger partial charge in [-0.05, 0) is 42.6 Å². The first-order valence-corrected chi connectivity index (χ1v) is 11.7. The lowest BCUT2D eigenvalue weighted by Gasteiger charge is -2.27. The van der Waals surface area contributed by atoms with Gasteiger partial charge in [0.25, 0.3) is 0 Å². The molecule has 3 aromatic carbocycles. The summed E-state index contributed by atoms with van der Waals surface area (Å²) in [6, 6.07) is 32.8. The topological polar surface area (TPSA) is 0 Å². The molecule has 3 rings (SSSR count). The van der Waals surface area contributed by atoms with Crippen LogP contribution in [0, 0.1) is 0 Å². The Balaban J connectivity index is 2.20. The Morgan fingerprint density at radius 1 is 0.667 bits per heavy atom. The zero-order chi connectivity index (χ0) is 16.7. The average Bonchev–Trinajstić information content (AvgIpc) is 2.68. The van der Waals surface area contributed by atoms with E-state index in [4.69, 9.17) is 11.6 Å². The van der Waals surface area contributed by atoms with Crippen molar-refractivity contribution in [2.45, 2.75) is 0 Å². The van der Waals surface area contributed by atoms with Crippen LogP contribution in [0.2, 0.25) is 0 Å². The Morgan fingerprint density at radius 2 is 1.04 bits per heavy atom. The van der Waals surface area contributed by atoms with Crippen LogP contribution >= 0.6 is 27.2 Å². The number of rotatable bonds is 7. The van der Waals surface area contributed by atoms with Crippen LogP contribution in [0.4, 0.5) is 0 Å². The van der Waals surface area contributed by atoms with Crippen molar-refractivity contribution < 1.29 is 0 Å². The number of halogens is 1. The predicted octanol–water partition coefficient (Wildman–Crippen LogP) is 4.43. The van der Waals surface area contributed by atoms with Crippen LogP contribution in [-0.4, -0.2) is 18.8 Å². The lowest BCUT2D eigenvalue weighted by molar-refractivity contribution is 1.54. The lowest BCUT2D eigenvalue weighted by atomic mass is 10.3. The molecular formula is C20H20BClP2+. The third-order valence-electron chi connectivity index (χ3n) is 4.01. The molecule has 0 amide bonds. The molecule has 0 fully saturated rings. The first-order valence-electron chi connectivity index (χ1n) is 8.07. The van der Waals surface area contributed by atoms with Crippen LogP contribution in [0.5, 0.6) is 0 Å². The Hall–Kier alpha value is -1.13. The van der Waals surface area contributed by atoms with Crippen molar-refractivity contribution in [1.82, 2.24) is 0 Å². The van der Waals surface area contributed by atoms with Gasteiger partial charge in [0.2, 0.25) is 0 Å². The van der Waals surface area contributed by atoms with E-state index in [9.17, 15) is 0 Å². The molecule has 0 nitrogen and oxygen atoms in total. The smallest absolute Gasteiger partial charge is 0.126 e. The molecule has 0 aliphatic carbocycles. The van der Waals surface area contributed by atoms with Crippen LogP contribution in [-0.2, 0) is 0 Å². The van der Waals surface area contributed by atoms with Crippen LogP contribution in [0.3, 0.4) is 0 Å². The average molecular weight is 369 g/mol. The summed E-state index contributed by atoms with van der Waals surface area (Å²) in [5.41, 5.74) is 0. The second-order valence-corrected chi connectivity index (χ2v) is 10.8. The van der Waals surface area contributed by atoms with Crippen molar-refractivity contribution in [2.75, 3.05) is 12.0 Å². The summed E-state index contributed by atoms with van der Waals surface area (Å²) in [7, 11) is -1.00. The first-order chi connectivity index (χ1) is 11.9. The highest BCUT2D eigenvalue weighted by Gasteiger charge is 2.45. The van der Waals surface area contributed by atoms with E-state index in [1.807, 2.05) is 0 Å². The molecule has 0 saturated carbocycles. The molecule has 0 aliphatic heterocycles. The van der Waals surface area contributed by atoms with Gasteiger partial charge in [-0.25, -0.2) is 0 Å². The number of alkyl halides is 1. The molecule has 0 N–H and O–H groups in total. The van der Waals surface area contributed by atoms with Gasteiger partial charge in [0, 0.05) is 5.88 Å². The number of benzene rings is 3. The Kier molecular flexibility index (Phi) is 6.50. The molecule has 0 spiro atoms. The van der Waals surface area contributed by atoms with Gasteiger partial charge in [0.15, 0.2) is 0 Å². The Labute approximate surface area is 152 Å². The molecule has 119 valence electrons. The van der Waals surface area contributed by atoms with Gasteiger partial charge < -0.3 is 0 Å². The van der Waals surface area contributed by atoms with Crippen molar-refractivity contribution >= 4 is 49.8 Å². The maximum absolute atomic E-state index is 5.97. The zero-order valence-corrected chi connectivity index (χ0v) is 16.1. The Morgan fingerprint density at radius 3 is 1.38 bits per heavy atom. The molecule has 1 unspecified atom stereocenters. The fourth-order valence-electron chi connectivity index (χ4n) is 2.92. The maximum Gasteiger partial charge on any atom is 0.402 e.